The minimum Gasteiger partial charge on any atom is -0.478 e. The zero-order valence-electron chi connectivity index (χ0n) is 13.4. The Kier molecular flexibility index (Phi) is 6.06. The Bertz CT molecular complexity index is 730. The van der Waals surface area contributed by atoms with Gasteiger partial charge in [-0.2, -0.15) is 0 Å². The van der Waals surface area contributed by atoms with Crippen LogP contribution in [0.1, 0.15) is 27.0 Å². The maximum Gasteiger partial charge on any atom is 0.335 e. The van der Waals surface area contributed by atoms with Crippen LogP contribution in [-0.4, -0.2) is 33.6 Å². The van der Waals surface area contributed by atoms with E-state index in [4.69, 9.17) is 10.3 Å². The van der Waals surface area contributed by atoms with Gasteiger partial charge in [-0.05, 0) is 30.2 Å². The fourth-order valence-corrected chi connectivity index (χ4v) is 2.54. The van der Waals surface area contributed by atoms with Crippen LogP contribution in [0.5, 0.6) is 0 Å². The van der Waals surface area contributed by atoms with Crippen molar-refractivity contribution in [2.75, 3.05) is 6.54 Å². The molecule has 24 heavy (non-hydrogen) atoms. The molecule has 0 fully saturated rings. The summed E-state index contributed by atoms with van der Waals surface area (Å²) in [4.78, 5) is 24.5. The van der Waals surface area contributed by atoms with Crippen LogP contribution >= 0.6 is 0 Å². The SMILES string of the molecule is Cc1cccc(CN(CC(=O)NO)Cc2cccc(C(=O)O)c2)c1. The lowest BCUT2D eigenvalue weighted by atomic mass is 10.1. The molecule has 3 N–H and O–H groups in total. The highest BCUT2D eigenvalue weighted by molar-refractivity contribution is 5.87. The van der Waals surface area contributed by atoms with Gasteiger partial charge in [0.15, 0.2) is 0 Å². The van der Waals surface area contributed by atoms with E-state index in [0.717, 1.165) is 16.7 Å². The van der Waals surface area contributed by atoms with Crippen molar-refractivity contribution in [1.29, 1.82) is 0 Å². The van der Waals surface area contributed by atoms with Gasteiger partial charge in [0.2, 0.25) is 0 Å². The molecular formula is C18H20N2O4. The topological polar surface area (TPSA) is 89.9 Å². The third-order valence-electron chi connectivity index (χ3n) is 3.56. The number of amides is 1. The second-order valence-electron chi connectivity index (χ2n) is 5.67. The number of hydrogen-bond acceptors (Lipinski definition) is 4. The predicted molar refractivity (Wildman–Crippen MR) is 88.6 cm³/mol. The monoisotopic (exact) mass is 328 g/mol. The average molecular weight is 328 g/mol. The second kappa shape index (κ2) is 8.24. The Morgan fingerprint density at radius 3 is 2.25 bits per heavy atom. The Balaban J connectivity index is 2.18. The molecule has 0 aliphatic rings. The molecule has 0 unspecified atom stereocenters. The molecule has 0 saturated heterocycles. The van der Waals surface area contributed by atoms with E-state index in [2.05, 4.69) is 0 Å². The van der Waals surface area contributed by atoms with E-state index in [1.54, 1.807) is 17.6 Å². The highest BCUT2D eigenvalue weighted by atomic mass is 16.5. The number of hydroxylamine groups is 1. The van der Waals surface area contributed by atoms with Crippen molar-refractivity contribution < 1.29 is 19.9 Å². The van der Waals surface area contributed by atoms with Crippen molar-refractivity contribution in [2.24, 2.45) is 0 Å². The lowest BCUT2D eigenvalue weighted by molar-refractivity contribution is -0.130. The van der Waals surface area contributed by atoms with Crippen LogP contribution in [0.3, 0.4) is 0 Å². The van der Waals surface area contributed by atoms with Gasteiger partial charge in [-0.15, -0.1) is 0 Å². The van der Waals surface area contributed by atoms with Gasteiger partial charge in [-0.1, -0.05) is 42.0 Å². The van der Waals surface area contributed by atoms with E-state index in [-0.39, 0.29) is 12.1 Å². The Labute approximate surface area is 140 Å². The number of nitrogens with one attached hydrogen (secondary N) is 1. The molecule has 2 aromatic carbocycles. The summed E-state index contributed by atoms with van der Waals surface area (Å²) in [6, 6.07) is 14.5. The summed E-state index contributed by atoms with van der Waals surface area (Å²) in [6.45, 7) is 2.89. The van der Waals surface area contributed by atoms with E-state index < -0.39 is 11.9 Å². The van der Waals surface area contributed by atoms with Gasteiger partial charge in [0, 0.05) is 13.1 Å². The molecule has 0 saturated carbocycles. The van der Waals surface area contributed by atoms with Crippen molar-refractivity contribution in [2.45, 2.75) is 20.0 Å². The Morgan fingerprint density at radius 1 is 1.04 bits per heavy atom. The van der Waals surface area contributed by atoms with Crippen LogP contribution in [0, 0.1) is 6.92 Å². The third-order valence-corrected chi connectivity index (χ3v) is 3.56. The second-order valence-corrected chi connectivity index (χ2v) is 5.67. The van der Waals surface area contributed by atoms with E-state index in [1.807, 2.05) is 42.2 Å². The quantitative estimate of drug-likeness (QED) is 0.535. The van der Waals surface area contributed by atoms with Gasteiger partial charge in [0.25, 0.3) is 5.91 Å². The number of carboxylic acid groups (broad SMARTS) is 1. The molecule has 0 radical (unpaired) electrons. The molecule has 0 spiro atoms. The molecule has 126 valence electrons. The first kappa shape index (κ1) is 17.7. The largest absolute Gasteiger partial charge is 0.478 e. The molecule has 0 heterocycles. The first-order chi connectivity index (χ1) is 11.5. The molecule has 1 amide bonds. The number of hydrogen-bond donors (Lipinski definition) is 3. The van der Waals surface area contributed by atoms with Crippen molar-refractivity contribution in [1.82, 2.24) is 10.4 Å². The van der Waals surface area contributed by atoms with Gasteiger partial charge in [-0.25, -0.2) is 10.3 Å². The predicted octanol–water partition coefficient (Wildman–Crippen LogP) is 2.20. The molecule has 0 aromatic heterocycles. The lowest BCUT2D eigenvalue weighted by Crippen LogP contribution is -2.35. The van der Waals surface area contributed by atoms with E-state index in [0.29, 0.717) is 13.1 Å². The number of aromatic carboxylic acids is 1. The molecule has 2 rings (SSSR count). The van der Waals surface area contributed by atoms with Gasteiger partial charge < -0.3 is 5.11 Å². The standard InChI is InChI=1S/C18H20N2O4/c1-13-4-2-5-14(8-13)10-20(12-17(21)19-24)11-15-6-3-7-16(9-15)18(22)23/h2-9,24H,10-12H2,1H3,(H,19,21)(H,22,23). The number of carboxylic acids is 1. The van der Waals surface area contributed by atoms with E-state index >= 15 is 0 Å². The van der Waals surface area contributed by atoms with Gasteiger partial charge in [0.1, 0.15) is 0 Å². The number of carbonyl (C=O) groups is 2. The number of nitrogens with zero attached hydrogens (tertiary/aromatic N) is 1. The van der Waals surface area contributed by atoms with Crippen molar-refractivity contribution in [3.63, 3.8) is 0 Å². The van der Waals surface area contributed by atoms with E-state index in [9.17, 15) is 9.59 Å². The highest BCUT2D eigenvalue weighted by Crippen LogP contribution is 2.13. The summed E-state index contributed by atoms with van der Waals surface area (Å²) in [7, 11) is 0. The van der Waals surface area contributed by atoms with Crippen molar-refractivity contribution >= 4 is 11.9 Å². The summed E-state index contributed by atoms with van der Waals surface area (Å²) >= 11 is 0. The maximum atomic E-state index is 11.5. The summed E-state index contributed by atoms with van der Waals surface area (Å²) in [5.74, 6) is -1.51. The number of rotatable bonds is 7. The molecule has 0 bridgehead atoms. The third kappa shape index (κ3) is 5.19. The smallest absolute Gasteiger partial charge is 0.335 e. The van der Waals surface area contributed by atoms with Gasteiger partial charge in [-0.3, -0.25) is 14.9 Å². The molecule has 6 nitrogen and oxygen atoms in total. The molecule has 0 aliphatic carbocycles. The van der Waals surface area contributed by atoms with Crippen LogP contribution in [-0.2, 0) is 17.9 Å². The molecular weight excluding hydrogens is 308 g/mol. The molecule has 0 aliphatic heterocycles. The van der Waals surface area contributed by atoms with Crippen LogP contribution in [0.15, 0.2) is 48.5 Å². The van der Waals surface area contributed by atoms with Crippen LogP contribution in [0.2, 0.25) is 0 Å². The fourth-order valence-electron chi connectivity index (χ4n) is 2.54. The zero-order valence-corrected chi connectivity index (χ0v) is 13.4. The fraction of sp³-hybridized carbons (Fsp3) is 0.222. The van der Waals surface area contributed by atoms with Crippen LogP contribution in [0.4, 0.5) is 0 Å². The minimum absolute atomic E-state index is 0.00173. The first-order valence-corrected chi connectivity index (χ1v) is 7.51. The molecule has 0 atom stereocenters. The van der Waals surface area contributed by atoms with Crippen LogP contribution < -0.4 is 5.48 Å². The molecule has 2 aromatic rings. The summed E-state index contributed by atoms with van der Waals surface area (Å²) in [5.41, 5.74) is 4.78. The minimum atomic E-state index is -0.991. The summed E-state index contributed by atoms with van der Waals surface area (Å²) in [5, 5.41) is 17.9. The zero-order chi connectivity index (χ0) is 17.5. The number of benzene rings is 2. The van der Waals surface area contributed by atoms with Crippen molar-refractivity contribution in [3.05, 3.63) is 70.8 Å². The normalized spacial score (nSPS) is 10.6. The Hall–Kier alpha value is -2.70. The number of aryl methyl sites for hydroxylation is 1. The lowest BCUT2D eigenvalue weighted by Gasteiger charge is -2.22. The van der Waals surface area contributed by atoms with E-state index in [1.165, 1.54) is 6.07 Å². The summed E-state index contributed by atoms with van der Waals surface area (Å²) < 4.78 is 0. The first-order valence-electron chi connectivity index (χ1n) is 7.51. The molecule has 6 heteroatoms. The Morgan fingerprint density at radius 2 is 1.67 bits per heavy atom. The number of carbonyl (C=O) groups excluding carboxylic acids is 1. The highest BCUT2D eigenvalue weighted by Gasteiger charge is 2.13. The van der Waals surface area contributed by atoms with Gasteiger partial charge >= 0.3 is 5.97 Å². The average Bonchev–Trinajstić information content (AvgIpc) is 2.55. The van der Waals surface area contributed by atoms with Gasteiger partial charge in [0.05, 0.1) is 12.1 Å². The van der Waals surface area contributed by atoms with Crippen molar-refractivity contribution in [3.8, 4) is 0 Å². The summed E-state index contributed by atoms with van der Waals surface area (Å²) in [6.07, 6.45) is 0. The van der Waals surface area contributed by atoms with Crippen LogP contribution in [0.25, 0.3) is 0 Å². The maximum absolute atomic E-state index is 11.5.